The molecule has 1 aromatic carbocycles. The van der Waals surface area contributed by atoms with Gasteiger partial charge in [-0.1, -0.05) is 0 Å². The van der Waals surface area contributed by atoms with Crippen molar-refractivity contribution in [3.05, 3.63) is 54.0 Å². The standard InChI is InChI=1S/C19H22N2O4/c1-13(11-16(22)17-5-4-10-24-17)21-18(23)19(2,3)25-15-8-6-14(12-20)7-9-15/h4-10,13,16,22H,11H2,1-3H3,(H,21,23). The molecule has 2 unspecified atom stereocenters. The first-order valence-electron chi connectivity index (χ1n) is 8.03. The van der Waals surface area contributed by atoms with E-state index >= 15 is 0 Å². The van der Waals surface area contributed by atoms with Crippen LogP contribution in [0.5, 0.6) is 5.75 Å². The average molecular weight is 342 g/mol. The number of nitrogens with zero attached hydrogens (tertiary/aromatic N) is 1. The third-order valence-electron chi connectivity index (χ3n) is 3.73. The van der Waals surface area contributed by atoms with Gasteiger partial charge in [0.1, 0.15) is 17.6 Å². The maximum Gasteiger partial charge on any atom is 0.263 e. The van der Waals surface area contributed by atoms with Crippen LogP contribution in [0.25, 0.3) is 0 Å². The summed E-state index contributed by atoms with van der Waals surface area (Å²) in [6, 6.07) is 11.7. The molecule has 0 saturated carbocycles. The van der Waals surface area contributed by atoms with Gasteiger partial charge in [-0.3, -0.25) is 4.79 Å². The highest BCUT2D eigenvalue weighted by Gasteiger charge is 2.31. The predicted octanol–water partition coefficient (Wildman–Crippen LogP) is 2.94. The highest BCUT2D eigenvalue weighted by Crippen LogP contribution is 2.21. The Morgan fingerprint density at radius 2 is 2.04 bits per heavy atom. The zero-order valence-corrected chi connectivity index (χ0v) is 14.5. The second-order valence-corrected chi connectivity index (χ2v) is 6.39. The zero-order valence-electron chi connectivity index (χ0n) is 14.5. The smallest absolute Gasteiger partial charge is 0.263 e. The van der Waals surface area contributed by atoms with Crippen LogP contribution < -0.4 is 10.1 Å². The number of carbonyl (C=O) groups excluding carboxylic acids is 1. The van der Waals surface area contributed by atoms with Crippen molar-refractivity contribution < 1.29 is 19.1 Å². The van der Waals surface area contributed by atoms with Crippen LogP contribution in [0.4, 0.5) is 0 Å². The van der Waals surface area contributed by atoms with E-state index in [2.05, 4.69) is 5.32 Å². The van der Waals surface area contributed by atoms with Gasteiger partial charge in [-0.2, -0.15) is 5.26 Å². The molecule has 2 rings (SSSR count). The number of amides is 1. The summed E-state index contributed by atoms with van der Waals surface area (Å²) in [5, 5.41) is 21.7. The third-order valence-corrected chi connectivity index (χ3v) is 3.73. The van der Waals surface area contributed by atoms with Crippen molar-refractivity contribution in [3.8, 4) is 11.8 Å². The number of furan rings is 1. The second-order valence-electron chi connectivity index (χ2n) is 6.39. The first-order chi connectivity index (χ1) is 11.8. The Labute approximate surface area is 147 Å². The molecule has 0 saturated heterocycles. The fourth-order valence-corrected chi connectivity index (χ4v) is 2.33. The number of ether oxygens (including phenoxy) is 1. The van der Waals surface area contributed by atoms with Gasteiger partial charge in [0.05, 0.1) is 17.9 Å². The van der Waals surface area contributed by atoms with Crippen molar-refractivity contribution in [3.63, 3.8) is 0 Å². The van der Waals surface area contributed by atoms with E-state index in [1.54, 1.807) is 50.2 Å². The molecule has 25 heavy (non-hydrogen) atoms. The Kier molecular flexibility index (Phi) is 5.84. The number of hydrogen-bond acceptors (Lipinski definition) is 5. The fraction of sp³-hybridized carbons (Fsp3) is 0.368. The van der Waals surface area contributed by atoms with Gasteiger partial charge in [-0.15, -0.1) is 0 Å². The lowest BCUT2D eigenvalue weighted by molar-refractivity contribution is -0.135. The molecular weight excluding hydrogens is 320 g/mol. The Bertz CT molecular complexity index is 730. The number of nitrogens with one attached hydrogen (secondary N) is 1. The average Bonchev–Trinajstić information content (AvgIpc) is 3.09. The first-order valence-corrected chi connectivity index (χ1v) is 8.03. The first kappa shape index (κ1) is 18.6. The third kappa shape index (κ3) is 5.10. The molecule has 6 nitrogen and oxygen atoms in total. The highest BCUT2D eigenvalue weighted by molar-refractivity contribution is 5.84. The van der Waals surface area contributed by atoms with E-state index in [1.165, 1.54) is 6.26 Å². The number of carbonyl (C=O) groups is 1. The molecule has 0 spiro atoms. The summed E-state index contributed by atoms with van der Waals surface area (Å²) in [4.78, 5) is 12.5. The minimum absolute atomic E-state index is 0.267. The van der Waals surface area contributed by atoms with Crippen molar-refractivity contribution in [1.29, 1.82) is 5.26 Å². The maximum absolute atomic E-state index is 12.5. The lowest BCUT2D eigenvalue weighted by Gasteiger charge is -2.27. The van der Waals surface area contributed by atoms with Crippen LogP contribution in [-0.4, -0.2) is 22.7 Å². The van der Waals surface area contributed by atoms with E-state index in [-0.39, 0.29) is 11.9 Å². The van der Waals surface area contributed by atoms with Gasteiger partial charge in [0.15, 0.2) is 5.60 Å². The molecular formula is C19H22N2O4. The molecule has 6 heteroatoms. The van der Waals surface area contributed by atoms with E-state index in [9.17, 15) is 9.90 Å². The van der Waals surface area contributed by atoms with Gasteiger partial charge in [0.25, 0.3) is 5.91 Å². The van der Waals surface area contributed by atoms with Gasteiger partial charge < -0.3 is 19.6 Å². The van der Waals surface area contributed by atoms with E-state index < -0.39 is 11.7 Å². The quantitative estimate of drug-likeness (QED) is 0.806. The molecule has 0 radical (unpaired) electrons. The van der Waals surface area contributed by atoms with Crippen LogP contribution in [0.15, 0.2) is 47.1 Å². The largest absolute Gasteiger partial charge is 0.478 e. The maximum atomic E-state index is 12.5. The molecule has 0 aliphatic heterocycles. The van der Waals surface area contributed by atoms with Crippen molar-refractivity contribution >= 4 is 5.91 Å². The Morgan fingerprint density at radius 3 is 2.60 bits per heavy atom. The fourth-order valence-electron chi connectivity index (χ4n) is 2.33. The van der Waals surface area contributed by atoms with E-state index in [4.69, 9.17) is 14.4 Å². The summed E-state index contributed by atoms with van der Waals surface area (Å²) in [7, 11) is 0. The summed E-state index contributed by atoms with van der Waals surface area (Å²) >= 11 is 0. The highest BCUT2D eigenvalue weighted by atomic mass is 16.5. The number of aliphatic hydroxyl groups excluding tert-OH is 1. The van der Waals surface area contributed by atoms with Gasteiger partial charge >= 0.3 is 0 Å². The molecule has 1 amide bonds. The summed E-state index contributed by atoms with van der Waals surface area (Å²) in [6.07, 6.45) is 1.04. The zero-order chi connectivity index (χ0) is 18.4. The van der Waals surface area contributed by atoms with Crippen molar-refractivity contribution in [2.75, 3.05) is 0 Å². The number of nitriles is 1. The van der Waals surface area contributed by atoms with E-state index in [0.29, 0.717) is 23.5 Å². The van der Waals surface area contributed by atoms with E-state index in [0.717, 1.165) is 0 Å². The van der Waals surface area contributed by atoms with Crippen LogP contribution >= 0.6 is 0 Å². The Morgan fingerprint density at radius 1 is 1.36 bits per heavy atom. The molecule has 0 aliphatic carbocycles. The van der Waals surface area contributed by atoms with Gasteiger partial charge in [-0.25, -0.2) is 0 Å². The minimum atomic E-state index is -1.10. The summed E-state index contributed by atoms with van der Waals surface area (Å²) in [5.41, 5.74) is -0.576. The number of aliphatic hydroxyl groups is 1. The van der Waals surface area contributed by atoms with Crippen LogP contribution in [-0.2, 0) is 4.79 Å². The van der Waals surface area contributed by atoms with Gasteiger partial charge in [0.2, 0.25) is 0 Å². The Hall–Kier alpha value is -2.78. The normalized spacial score (nSPS) is 13.6. The second kappa shape index (κ2) is 7.86. The van der Waals surface area contributed by atoms with Gasteiger partial charge in [-0.05, 0) is 57.2 Å². The molecule has 0 aliphatic rings. The molecule has 0 bridgehead atoms. The number of hydrogen-bond donors (Lipinski definition) is 2. The molecule has 1 aromatic heterocycles. The molecule has 2 aromatic rings. The van der Waals surface area contributed by atoms with Crippen LogP contribution in [0.1, 0.15) is 44.6 Å². The minimum Gasteiger partial charge on any atom is -0.478 e. The molecule has 1 heterocycles. The van der Waals surface area contributed by atoms with E-state index in [1.807, 2.05) is 13.0 Å². The molecule has 2 N–H and O–H groups in total. The number of rotatable bonds is 7. The van der Waals surface area contributed by atoms with Gasteiger partial charge in [0, 0.05) is 12.5 Å². The lowest BCUT2D eigenvalue weighted by Crippen LogP contribution is -2.49. The van der Waals surface area contributed by atoms with Crippen LogP contribution in [0.3, 0.4) is 0 Å². The SMILES string of the molecule is CC(CC(O)c1ccco1)NC(=O)C(C)(C)Oc1ccc(C#N)cc1. The summed E-state index contributed by atoms with van der Waals surface area (Å²) in [5.74, 6) is 0.674. The molecule has 132 valence electrons. The van der Waals surface area contributed by atoms with Crippen molar-refractivity contribution in [2.45, 2.75) is 44.9 Å². The monoisotopic (exact) mass is 342 g/mol. The summed E-state index contributed by atoms with van der Waals surface area (Å²) < 4.78 is 10.9. The Balaban J connectivity index is 1.92. The summed E-state index contributed by atoms with van der Waals surface area (Å²) in [6.45, 7) is 5.13. The van der Waals surface area contributed by atoms with Crippen LogP contribution in [0.2, 0.25) is 0 Å². The predicted molar refractivity (Wildman–Crippen MR) is 91.8 cm³/mol. The number of benzene rings is 1. The topological polar surface area (TPSA) is 95.5 Å². The van der Waals surface area contributed by atoms with Crippen LogP contribution in [0, 0.1) is 11.3 Å². The molecule has 2 atom stereocenters. The lowest BCUT2D eigenvalue weighted by atomic mass is 10.1. The molecule has 0 fully saturated rings. The van der Waals surface area contributed by atoms with Crippen molar-refractivity contribution in [1.82, 2.24) is 5.32 Å². The van der Waals surface area contributed by atoms with Crippen molar-refractivity contribution in [2.24, 2.45) is 0 Å².